The number of esters is 1. The molecule has 0 aliphatic heterocycles. The van der Waals surface area contributed by atoms with Gasteiger partial charge in [0.25, 0.3) is 0 Å². The minimum Gasteiger partial charge on any atom is -0.490 e. The molecule has 0 aliphatic carbocycles. The zero-order valence-electron chi connectivity index (χ0n) is 16.2. The number of carbonyl (C=O) groups is 2. The number of nitrogens with one attached hydrogen (secondary N) is 1. The van der Waals surface area contributed by atoms with E-state index in [0.29, 0.717) is 12.4 Å². The van der Waals surface area contributed by atoms with Gasteiger partial charge >= 0.3 is 12.1 Å². The van der Waals surface area contributed by atoms with E-state index in [1.807, 2.05) is 42.5 Å². The SMILES string of the molecule is C=CCOC(=O)[C@H](Cc1ccc(OCC=C)cc1)NC(=O)OCc1ccccc1. The Morgan fingerprint density at radius 1 is 0.897 bits per heavy atom. The van der Waals surface area contributed by atoms with Crippen LogP contribution in [-0.2, 0) is 27.3 Å². The lowest BCUT2D eigenvalue weighted by Crippen LogP contribution is -2.43. The predicted octanol–water partition coefficient (Wildman–Crippen LogP) is 3.82. The summed E-state index contributed by atoms with van der Waals surface area (Å²) in [6, 6.07) is 15.6. The molecule has 0 saturated heterocycles. The third kappa shape index (κ3) is 7.92. The molecular weight excluding hydrogens is 370 g/mol. The van der Waals surface area contributed by atoms with E-state index in [1.54, 1.807) is 18.2 Å². The lowest BCUT2D eigenvalue weighted by atomic mass is 10.1. The van der Waals surface area contributed by atoms with Crippen LogP contribution >= 0.6 is 0 Å². The van der Waals surface area contributed by atoms with Gasteiger partial charge in [-0.3, -0.25) is 0 Å². The van der Waals surface area contributed by atoms with Gasteiger partial charge in [0.2, 0.25) is 0 Å². The molecule has 2 aromatic rings. The van der Waals surface area contributed by atoms with Gasteiger partial charge in [-0.1, -0.05) is 67.8 Å². The van der Waals surface area contributed by atoms with E-state index in [0.717, 1.165) is 11.1 Å². The molecule has 0 radical (unpaired) electrons. The molecular formula is C23H25NO5. The molecule has 1 N–H and O–H groups in total. The highest BCUT2D eigenvalue weighted by atomic mass is 16.6. The van der Waals surface area contributed by atoms with E-state index in [2.05, 4.69) is 18.5 Å². The number of benzene rings is 2. The van der Waals surface area contributed by atoms with Gasteiger partial charge in [0.05, 0.1) is 0 Å². The van der Waals surface area contributed by atoms with Crippen LogP contribution in [0.4, 0.5) is 4.79 Å². The number of ether oxygens (including phenoxy) is 3. The Morgan fingerprint density at radius 3 is 2.24 bits per heavy atom. The van der Waals surface area contributed by atoms with E-state index in [4.69, 9.17) is 14.2 Å². The maximum Gasteiger partial charge on any atom is 0.408 e. The largest absolute Gasteiger partial charge is 0.490 e. The number of carbonyl (C=O) groups excluding carboxylic acids is 2. The van der Waals surface area contributed by atoms with Crippen LogP contribution < -0.4 is 10.1 Å². The van der Waals surface area contributed by atoms with Crippen LogP contribution in [0.25, 0.3) is 0 Å². The van der Waals surface area contributed by atoms with Gasteiger partial charge in [-0.15, -0.1) is 0 Å². The Labute approximate surface area is 170 Å². The Morgan fingerprint density at radius 2 is 1.59 bits per heavy atom. The molecule has 0 aromatic heterocycles. The molecule has 0 fully saturated rings. The summed E-state index contributed by atoms with van der Waals surface area (Å²) in [7, 11) is 0. The summed E-state index contributed by atoms with van der Waals surface area (Å²) < 4.78 is 15.8. The number of alkyl carbamates (subject to hydrolysis) is 1. The molecule has 2 aromatic carbocycles. The van der Waals surface area contributed by atoms with Crippen molar-refractivity contribution in [3.63, 3.8) is 0 Å². The summed E-state index contributed by atoms with van der Waals surface area (Å²) in [6.07, 6.45) is 2.68. The second-order valence-corrected chi connectivity index (χ2v) is 6.13. The first-order valence-electron chi connectivity index (χ1n) is 9.19. The van der Waals surface area contributed by atoms with Gasteiger partial charge in [-0.25, -0.2) is 9.59 Å². The van der Waals surface area contributed by atoms with Crippen LogP contribution in [-0.4, -0.2) is 31.3 Å². The fraction of sp³-hybridized carbons (Fsp3) is 0.217. The molecule has 6 nitrogen and oxygen atoms in total. The molecule has 0 saturated carbocycles. The highest BCUT2D eigenvalue weighted by molar-refractivity contribution is 5.81. The fourth-order valence-corrected chi connectivity index (χ4v) is 2.45. The second-order valence-electron chi connectivity index (χ2n) is 6.13. The molecule has 0 heterocycles. The highest BCUT2D eigenvalue weighted by Gasteiger charge is 2.23. The standard InChI is InChI=1S/C23H25NO5/c1-3-14-27-20-12-10-18(11-13-20)16-21(22(25)28-15-4-2)24-23(26)29-17-19-8-6-5-7-9-19/h3-13,21H,1-2,14-17H2,(H,24,26)/t21-/m0/s1. The Kier molecular flexibility index (Phi) is 9.02. The Hall–Kier alpha value is -3.54. The minimum atomic E-state index is -0.891. The first-order valence-corrected chi connectivity index (χ1v) is 9.19. The van der Waals surface area contributed by atoms with Gasteiger partial charge in [0, 0.05) is 6.42 Å². The van der Waals surface area contributed by atoms with Gasteiger partial charge in [-0.05, 0) is 23.3 Å². The minimum absolute atomic E-state index is 0.0599. The molecule has 0 bridgehead atoms. The number of hydrogen-bond donors (Lipinski definition) is 1. The smallest absolute Gasteiger partial charge is 0.408 e. The molecule has 2 rings (SSSR count). The quantitative estimate of drug-likeness (QED) is 0.463. The van der Waals surface area contributed by atoms with Crippen LogP contribution in [0, 0.1) is 0 Å². The van der Waals surface area contributed by atoms with Gasteiger partial charge < -0.3 is 19.5 Å². The molecule has 0 aliphatic rings. The van der Waals surface area contributed by atoms with Crippen molar-refractivity contribution in [3.05, 3.63) is 91.0 Å². The van der Waals surface area contributed by atoms with Crippen molar-refractivity contribution in [2.45, 2.75) is 19.1 Å². The third-order valence-corrected chi connectivity index (χ3v) is 3.86. The van der Waals surface area contributed by atoms with Gasteiger partial charge in [0.15, 0.2) is 0 Å². The first kappa shape index (κ1) is 21.8. The van der Waals surface area contributed by atoms with E-state index in [-0.39, 0.29) is 19.6 Å². The summed E-state index contributed by atoms with van der Waals surface area (Å²) in [5.74, 6) is 0.128. The third-order valence-electron chi connectivity index (χ3n) is 3.86. The zero-order valence-corrected chi connectivity index (χ0v) is 16.2. The van der Waals surface area contributed by atoms with Crippen LogP contribution in [0.2, 0.25) is 0 Å². The van der Waals surface area contributed by atoms with Crippen molar-refractivity contribution in [1.29, 1.82) is 0 Å². The molecule has 1 atom stereocenters. The van der Waals surface area contributed by atoms with Gasteiger partial charge in [-0.2, -0.15) is 0 Å². The van der Waals surface area contributed by atoms with Crippen molar-refractivity contribution >= 4 is 12.1 Å². The lowest BCUT2D eigenvalue weighted by Gasteiger charge is -2.17. The maximum atomic E-state index is 12.3. The first-order chi connectivity index (χ1) is 14.1. The van der Waals surface area contributed by atoms with E-state index in [9.17, 15) is 9.59 Å². The topological polar surface area (TPSA) is 73.9 Å². The van der Waals surface area contributed by atoms with Crippen LogP contribution in [0.1, 0.15) is 11.1 Å². The van der Waals surface area contributed by atoms with Crippen molar-refractivity contribution < 1.29 is 23.8 Å². The number of amides is 1. The average molecular weight is 395 g/mol. The molecule has 0 spiro atoms. The molecule has 0 unspecified atom stereocenters. The van der Waals surface area contributed by atoms with Crippen LogP contribution in [0.5, 0.6) is 5.75 Å². The second kappa shape index (κ2) is 12.0. The molecule has 29 heavy (non-hydrogen) atoms. The van der Waals surface area contributed by atoms with Crippen molar-refractivity contribution in [1.82, 2.24) is 5.32 Å². The predicted molar refractivity (Wildman–Crippen MR) is 111 cm³/mol. The Balaban J connectivity index is 1.98. The lowest BCUT2D eigenvalue weighted by molar-refractivity contribution is -0.144. The van der Waals surface area contributed by atoms with Crippen LogP contribution in [0.3, 0.4) is 0 Å². The Bertz CT molecular complexity index is 802. The van der Waals surface area contributed by atoms with Crippen molar-refractivity contribution in [2.24, 2.45) is 0 Å². The highest BCUT2D eigenvalue weighted by Crippen LogP contribution is 2.14. The summed E-state index contributed by atoms with van der Waals surface area (Å²) in [5.41, 5.74) is 1.68. The fourth-order valence-electron chi connectivity index (χ4n) is 2.45. The van der Waals surface area contributed by atoms with E-state index in [1.165, 1.54) is 6.08 Å². The zero-order chi connectivity index (χ0) is 20.9. The number of hydrogen-bond acceptors (Lipinski definition) is 5. The summed E-state index contributed by atoms with van der Waals surface area (Å²) >= 11 is 0. The summed E-state index contributed by atoms with van der Waals surface area (Å²) in [5, 5.41) is 2.58. The van der Waals surface area contributed by atoms with Gasteiger partial charge in [0.1, 0.15) is 31.6 Å². The normalized spacial score (nSPS) is 11.0. The molecule has 1 amide bonds. The monoisotopic (exact) mass is 395 g/mol. The summed E-state index contributed by atoms with van der Waals surface area (Å²) in [4.78, 5) is 24.5. The van der Waals surface area contributed by atoms with E-state index >= 15 is 0 Å². The molecule has 6 heteroatoms. The van der Waals surface area contributed by atoms with E-state index < -0.39 is 18.1 Å². The maximum absolute atomic E-state index is 12.3. The molecule has 152 valence electrons. The van der Waals surface area contributed by atoms with Crippen LogP contribution in [0.15, 0.2) is 79.9 Å². The summed E-state index contributed by atoms with van der Waals surface area (Å²) in [6.45, 7) is 7.70. The van der Waals surface area contributed by atoms with Crippen molar-refractivity contribution in [2.75, 3.05) is 13.2 Å². The van der Waals surface area contributed by atoms with Crippen molar-refractivity contribution in [3.8, 4) is 5.75 Å². The average Bonchev–Trinajstić information content (AvgIpc) is 2.75. The number of rotatable bonds is 11.